The SMILES string of the molecule is C(=C(\c1ccc(-c2c3ccccc3c(-c3ccc(/C(=C/c4ccccc4)c4ccc5ccccc5c4)cc3)c3ccccc23)cc1)c1ccc2ccccc2c1)/c1ccccc1. The van der Waals surface area contributed by atoms with Crippen LogP contribution in [0, 0.1) is 0 Å². The van der Waals surface area contributed by atoms with Gasteiger partial charge in [0.2, 0.25) is 0 Å². The Balaban J connectivity index is 1.02. The fourth-order valence-electron chi connectivity index (χ4n) is 9.20. The summed E-state index contributed by atoms with van der Waals surface area (Å²) in [6, 6.07) is 88.3. The summed E-state index contributed by atoms with van der Waals surface area (Å²) in [5.74, 6) is 0. The van der Waals surface area contributed by atoms with E-state index in [1.807, 2.05) is 0 Å². The van der Waals surface area contributed by atoms with Gasteiger partial charge in [-0.05, 0) is 134 Å². The summed E-state index contributed by atoms with van der Waals surface area (Å²) < 4.78 is 0. The maximum atomic E-state index is 2.31. The van der Waals surface area contributed by atoms with Crippen LogP contribution < -0.4 is 0 Å². The molecule has 0 radical (unpaired) electrons. The van der Waals surface area contributed by atoms with Crippen molar-refractivity contribution in [2.75, 3.05) is 0 Å². The van der Waals surface area contributed by atoms with Gasteiger partial charge in [0, 0.05) is 0 Å². The molecule has 0 aliphatic carbocycles. The Labute approximate surface area is 363 Å². The van der Waals surface area contributed by atoms with E-state index in [2.05, 4.69) is 255 Å². The Morgan fingerprint density at radius 1 is 0.242 bits per heavy atom. The Kier molecular flexibility index (Phi) is 9.65. The number of fused-ring (bicyclic) bond motifs is 4. The molecule has 11 aromatic rings. The Morgan fingerprint density at radius 2 is 0.548 bits per heavy atom. The first-order valence-electron chi connectivity index (χ1n) is 21.4. The molecule has 11 rings (SSSR count). The van der Waals surface area contributed by atoms with E-state index in [-0.39, 0.29) is 0 Å². The van der Waals surface area contributed by atoms with Crippen LogP contribution in [0.5, 0.6) is 0 Å². The van der Waals surface area contributed by atoms with Gasteiger partial charge in [0.1, 0.15) is 0 Å². The average molecular weight is 787 g/mol. The first-order chi connectivity index (χ1) is 30.7. The van der Waals surface area contributed by atoms with E-state index in [1.54, 1.807) is 0 Å². The summed E-state index contributed by atoms with van der Waals surface area (Å²) in [4.78, 5) is 0. The molecule has 0 amide bonds. The van der Waals surface area contributed by atoms with E-state index in [4.69, 9.17) is 0 Å². The smallest absolute Gasteiger partial charge is 0.00264 e. The van der Waals surface area contributed by atoms with Crippen LogP contribution in [-0.4, -0.2) is 0 Å². The van der Waals surface area contributed by atoms with Gasteiger partial charge in [0.25, 0.3) is 0 Å². The third-order valence-electron chi connectivity index (χ3n) is 12.2. The minimum Gasteiger partial charge on any atom is -0.0622 e. The molecular formula is C62H42. The molecule has 0 unspecified atom stereocenters. The van der Waals surface area contributed by atoms with Crippen LogP contribution in [0.2, 0.25) is 0 Å². The van der Waals surface area contributed by atoms with Crippen molar-refractivity contribution < 1.29 is 0 Å². The number of hydrogen-bond donors (Lipinski definition) is 0. The van der Waals surface area contributed by atoms with Crippen molar-refractivity contribution in [3.8, 4) is 22.3 Å². The monoisotopic (exact) mass is 786 g/mol. The van der Waals surface area contributed by atoms with Gasteiger partial charge in [0.15, 0.2) is 0 Å². The van der Waals surface area contributed by atoms with Gasteiger partial charge in [-0.15, -0.1) is 0 Å². The van der Waals surface area contributed by atoms with Crippen molar-refractivity contribution in [2.45, 2.75) is 0 Å². The summed E-state index contributed by atoms with van der Waals surface area (Å²) in [5.41, 5.74) is 14.4. The second kappa shape index (κ2) is 16.2. The molecule has 0 saturated heterocycles. The molecule has 0 atom stereocenters. The van der Waals surface area contributed by atoms with Crippen LogP contribution in [0.4, 0.5) is 0 Å². The summed E-state index contributed by atoms with van der Waals surface area (Å²) in [7, 11) is 0. The van der Waals surface area contributed by atoms with Crippen molar-refractivity contribution in [3.05, 3.63) is 276 Å². The van der Waals surface area contributed by atoms with Gasteiger partial charge >= 0.3 is 0 Å². The molecule has 0 aliphatic rings. The fourth-order valence-corrected chi connectivity index (χ4v) is 9.20. The van der Waals surface area contributed by atoms with Gasteiger partial charge < -0.3 is 0 Å². The molecule has 0 saturated carbocycles. The Bertz CT molecular complexity index is 3170. The second-order valence-corrected chi connectivity index (χ2v) is 16.1. The fraction of sp³-hybridized carbons (Fsp3) is 0. The molecule has 11 aromatic carbocycles. The normalized spacial score (nSPS) is 12.1. The molecule has 290 valence electrons. The predicted molar refractivity (Wildman–Crippen MR) is 267 cm³/mol. The number of hydrogen-bond acceptors (Lipinski definition) is 0. The molecule has 0 spiro atoms. The van der Waals surface area contributed by atoms with E-state index >= 15 is 0 Å². The lowest BCUT2D eigenvalue weighted by molar-refractivity contribution is 1.56. The standard InChI is InChI=1S/C62H42/c1-3-15-43(16-4-1)39-59(53-37-27-45-19-7-9-21-51(45)41-53)47-29-33-49(34-30-47)61-55-23-11-13-25-57(55)62(58-26-14-12-24-56(58)61)50-35-31-48(32-36-50)60(40-44-17-5-2-6-18-44)54-38-28-46-20-8-10-22-52(46)42-54/h1-42H/b59-39-,60-40-. The quantitative estimate of drug-likeness (QED) is 0.106. The Hall–Kier alpha value is -8.06. The first kappa shape index (κ1) is 37.0. The van der Waals surface area contributed by atoms with Gasteiger partial charge in [-0.3, -0.25) is 0 Å². The molecule has 0 bridgehead atoms. The average Bonchev–Trinajstić information content (AvgIpc) is 3.35. The highest BCUT2D eigenvalue weighted by Gasteiger charge is 2.18. The van der Waals surface area contributed by atoms with E-state index in [1.165, 1.54) is 110 Å². The van der Waals surface area contributed by atoms with Crippen LogP contribution in [0.1, 0.15) is 33.4 Å². The molecule has 62 heavy (non-hydrogen) atoms. The molecule has 0 N–H and O–H groups in total. The topological polar surface area (TPSA) is 0 Å². The van der Waals surface area contributed by atoms with Crippen molar-refractivity contribution in [2.24, 2.45) is 0 Å². The van der Waals surface area contributed by atoms with Crippen LogP contribution in [0.25, 0.3) is 88.6 Å². The zero-order valence-corrected chi connectivity index (χ0v) is 34.2. The van der Waals surface area contributed by atoms with Gasteiger partial charge in [-0.1, -0.05) is 231 Å². The second-order valence-electron chi connectivity index (χ2n) is 16.1. The molecule has 0 heteroatoms. The van der Waals surface area contributed by atoms with Crippen molar-refractivity contribution >= 4 is 66.4 Å². The summed E-state index contributed by atoms with van der Waals surface area (Å²) in [6.45, 7) is 0. The highest BCUT2D eigenvalue weighted by molar-refractivity contribution is 6.21. The molecule has 0 fully saturated rings. The number of benzene rings is 11. The van der Waals surface area contributed by atoms with E-state index in [0.29, 0.717) is 0 Å². The summed E-state index contributed by atoms with van der Waals surface area (Å²) in [6.07, 6.45) is 4.62. The summed E-state index contributed by atoms with van der Waals surface area (Å²) in [5, 5.41) is 9.94. The van der Waals surface area contributed by atoms with Crippen molar-refractivity contribution in [3.63, 3.8) is 0 Å². The van der Waals surface area contributed by atoms with Crippen molar-refractivity contribution in [1.29, 1.82) is 0 Å². The van der Waals surface area contributed by atoms with Gasteiger partial charge in [-0.25, -0.2) is 0 Å². The lowest BCUT2D eigenvalue weighted by Gasteiger charge is -2.19. The van der Waals surface area contributed by atoms with E-state index in [0.717, 1.165) is 0 Å². The van der Waals surface area contributed by atoms with Gasteiger partial charge in [-0.2, -0.15) is 0 Å². The van der Waals surface area contributed by atoms with Crippen LogP contribution >= 0.6 is 0 Å². The highest BCUT2D eigenvalue weighted by atomic mass is 14.2. The third-order valence-corrected chi connectivity index (χ3v) is 12.2. The lowest BCUT2D eigenvalue weighted by Crippen LogP contribution is -1.93. The van der Waals surface area contributed by atoms with Crippen LogP contribution in [-0.2, 0) is 0 Å². The first-order valence-corrected chi connectivity index (χ1v) is 21.4. The molecule has 0 aliphatic heterocycles. The van der Waals surface area contributed by atoms with Crippen LogP contribution in [0.3, 0.4) is 0 Å². The third kappa shape index (κ3) is 7.08. The zero-order chi connectivity index (χ0) is 41.2. The molecule has 0 nitrogen and oxygen atoms in total. The molecule has 0 aromatic heterocycles. The van der Waals surface area contributed by atoms with E-state index in [9.17, 15) is 0 Å². The molecule has 0 heterocycles. The van der Waals surface area contributed by atoms with Crippen molar-refractivity contribution in [1.82, 2.24) is 0 Å². The van der Waals surface area contributed by atoms with E-state index < -0.39 is 0 Å². The van der Waals surface area contributed by atoms with Gasteiger partial charge in [0.05, 0.1) is 0 Å². The highest BCUT2D eigenvalue weighted by Crippen LogP contribution is 2.44. The maximum absolute atomic E-state index is 2.31. The minimum absolute atomic E-state index is 1.18. The largest absolute Gasteiger partial charge is 0.0622 e. The maximum Gasteiger partial charge on any atom is -0.00264 e. The minimum atomic E-state index is 1.18. The summed E-state index contributed by atoms with van der Waals surface area (Å²) >= 11 is 0. The zero-order valence-electron chi connectivity index (χ0n) is 34.2. The molecular weight excluding hydrogens is 745 g/mol. The Morgan fingerprint density at radius 3 is 0.919 bits per heavy atom. The van der Waals surface area contributed by atoms with Crippen LogP contribution in [0.15, 0.2) is 243 Å². The lowest BCUT2D eigenvalue weighted by atomic mass is 9.85. The number of rotatable bonds is 8. The predicted octanol–water partition coefficient (Wildman–Crippen LogP) is 16.8.